The van der Waals surface area contributed by atoms with Crippen molar-refractivity contribution in [2.75, 3.05) is 25.5 Å². The maximum Gasteiger partial charge on any atom is 0.324 e. The number of likely N-dealkylation sites (tertiary alicyclic amines) is 1. The van der Waals surface area contributed by atoms with E-state index >= 15 is 0 Å². The topological polar surface area (TPSA) is 121 Å². The lowest BCUT2D eigenvalue weighted by molar-refractivity contribution is -0.0159. The maximum absolute atomic E-state index is 12.9. The second-order valence-corrected chi connectivity index (χ2v) is 8.22. The molecule has 0 spiro atoms. The molecule has 1 aliphatic heterocycles. The number of benzene rings is 1. The summed E-state index contributed by atoms with van der Waals surface area (Å²) < 4.78 is 7.20. The van der Waals surface area contributed by atoms with E-state index in [1.807, 2.05) is 37.5 Å². The quantitative estimate of drug-likeness (QED) is 0.442. The Bertz CT molecular complexity index is 1290. The zero-order valence-corrected chi connectivity index (χ0v) is 18.4. The third-order valence-electron chi connectivity index (χ3n) is 6.14. The highest BCUT2D eigenvalue weighted by Gasteiger charge is 2.35. The van der Waals surface area contributed by atoms with Crippen molar-refractivity contribution in [1.29, 1.82) is 0 Å². The Morgan fingerprint density at radius 1 is 1.24 bits per heavy atom. The van der Waals surface area contributed by atoms with Crippen molar-refractivity contribution in [3.63, 3.8) is 0 Å². The van der Waals surface area contributed by atoms with Gasteiger partial charge in [-0.25, -0.2) is 9.78 Å². The van der Waals surface area contributed by atoms with Crippen molar-refractivity contribution in [2.24, 2.45) is 7.05 Å². The van der Waals surface area contributed by atoms with Crippen LogP contribution in [0, 0.1) is 0 Å². The number of pyridine rings is 1. The number of hydrogen-bond donors (Lipinski definition) is 3. The number of ether oxygens (including phenoxy) is 1. The van der Waals surface area contributed by atoms with E-state index in [4.69, 9.17) is 4.74 Å². The molecule has 1 saturated heterocycles. The number of aliphatic hydroxyl groups is 1. The number of aromatic nitrogens is 5. The number of aromatic amines is 1. The first-order valence-corrected chi connectivity index (χ1v) is 10.7. The Hall–Kier alpha value is -3.92. The first kappa shape index (κ1) is 21.0. The third-order valence-corrected chi connectivity index (χ3v) is 6.14. The third kappa shape index (κ3) is 3.89. The molecule has 5 rings (SSSR count). The van der Waals surface area contributed by atoms with Crippen molar-refractivity contribution in [3.05, 3.63) is 54.6 Å². The number of urea groups is 1. The highest BCUT2D eigenvalue weighted by molar-refractivity contribution is 5.98. The van der Waals surface area contributed by atoms with Gasteiger partial charge in [-0.1, -0.05) is 6.07 Å². The standard InChI is InChI=1S/C23H25N7O3/c1-29-14-15(12-25-29)17-5-6-18(33-2)20-19(17)26-21(27-20)28-22(31)30-10-7-23(32,8-11-30)16-4-3-9-24-13-16/h3-6,9,12-14,32H,7-8,10-11H2,1-2H3,(H2,26,27,28,31). The van der Waals surface area contributed by atoms with E-state index in [1.165, 1.54) is 0 Å². The molecule has 4 aromatic rings. The lowest BCUT2D eigenvalue weighted by Crippen LogP contribution is -2.46. The Kier molecular flexibility index (Phi) is 5.21. The van der Waals surface area contributed by atoms with Crippen molar-refractivity contribution in [1.82, 2.24) is 29.6 Å². The van der Waals surface area contributed by atoms with E-state index in [2.05, 4.69) is 25.4 Å². The Labute approximate surface area is 190 Å². The van der Waals surface area contributed by atoms with E-state index in [0.29, 0.717) is 48.7 Å². The van der Waals surface area contributed by atoms with Crippen LogP contribution in [0.1, 0.15) is 18.4 Å². The molecule has 0 saturated carbocycles. The van der Waals surface area contributed by atoms with Crippen molar-refractivity contribution in [2.45, 2.75) is 18.4 Å². The molecule has 0 aliphatic carbocycles. The number of H-pyrrole nitrogens is 1. The summed E-state index contributed by atoms with van der Waals surface area (Å²) >= 11 is 0. The summed E-state index contributed by atoms with van der Waals surface area (Å²) in [5.41, 5.74) is 2.98. The number of aryl methyl sites for hydroxylation is 1. The van der Waals surface area contributed by atoms with Gasteiger partial charge >= 0.3 is 6.03 Å². The van der Waals surface area contributed by atoms with Crippen LogP contribution in [0.5, 0.6) is 5.75 Å². The van der Waals surface area contributed by atoms with Gasteiger partial charge in [-0.15, -0.1) is 0 Å². The minimum atomic E-state index is -0.976. The van der Waals surface area contributed by atoms with Crippen LogP contribution >= 0.6 is 0 Å². The molecule has 1 aromatic carbocycles. The number of nitrogens with one attached hydrogen (secondary N) is 2. The number of rotatable bonds is 4. The predicted octanol–water partition coefficient (Wildman–Crippen LogP) is 2.88. The van der Waals surface area contributed by atoms with Crippen LogP contribution in [0.25, 0.3) is 22.2 Å². The number of imidazole rings is 1. The average molecular weight is 447 g/mol. The summed E-state index contributed by atoms with van der Waals surface area (Å²) in [4.78, 5) is 26.5. The minimum absolute atomic E-state index is 0.274. The van der Waals surface area contributed by atoms with Gasteiger partial charge in [0.15, 0.2) is 0 Å². The molecule has 0 unspecified atom stereocenters. The molecule has 4 heterocycles. The molecule has 0 radical (unpaired) electrons. The number of piperidine rings is 1. The van der Waals surface area contributed by atoms with Gasteiger partial charge in [-0.3, -0.25) is 15.0 Å². The number of nitrogens with zero attached hydrogens (tertiary/aromatic N) is 5. The molecule has 0 bridgehead atoms. The normalized spacial score (nSPS) is 15.5. The summed E-state index contributed by atoms with van der Waals surface area (Å²) in [6.45, 7) is 0.837. The van der Waals surface area contributed by atoms with Crippen molar-refractivity contribution >= 4 is 23.0 Å². The molecule has 10 nitrogen and oxygen atoms in total. The first-order valence-electron chi connectivity index (χ1n) is 10.7. The van der Waals surface area contributed by atoms with Crippen molar-refractivity contribution in [3.8, 4) is 16.9 Å². The van der Waals surface area contributed by atoms with Gasteiger partial charge < -0.3 is 19.7 Å². The summed E-state index contributed by atoms with van der Waals surface area (Å²) in [5.74, 6) is 0.961. The molecule has 1 fully saturated rings. The van der Waals surface area contributed by atoms with Crippen LogP contribution < -0.4 is 10.1 Å². The maximum atomic E-state index is 12.9. The largest absolute Gasteiger partial charge is 0.494 e. The van der Waals surface area contributed by atoms with E-state index < -0.39 is 5.60 Å². The van der Waals surface area contributed by atoms with Gasteiger partial charge in [0.2, 0.25) is 5.95 Å². The van der Waals surface area contributed by atoms with Crippen LogP contribution in [0.4, 0.5) is 10.7 Å². The van der Waals surface area contributed by atoms with Crippen LogP contribution in [0.15, 0.2) is 49.1 Å². The van der Waals surface area contributed by atoms with E-state index in [1.54, 1.807) is 35.3 Å². The Morgan fingerprint density at radius 3 is 2.73 bits per heavy atom. The van der Waals surface area contributed by atoms with Crippen LogP contribution in [-0.4, -0.2) is 61.0 Å². The fraction of sp³-hybridized carbons (Fsp3) is 0.304. The highest BCUT2D eigenvalue weighted by Crippen LogP contribution is 2.35. The number of carbonyl (C=O) groups excluding carboxylic acids is 1. The zero-order chi connectivity index (χ0) is 23.0. The van der Waals surface area contributed by atoms with Gasteiger partial charge in [0.1, 0.15) is 16.8 Å². The van der Waals surface area contributed by atoms with E-state index in [-0.39, 0.29) is 6.03 Å². The average Bonchev–Trinajstić information content (AvgIpc) is 3.45. The van der Waals surface area contributed by atoms with E-state index in [0.717, 1.165) is 16.7 Å². The number of methoxy groups -OCH3 is 1. The molecule has 33 heavy (non-hydrogen) atoms. The molecule has 170 valence electrons. The number of anilines is 1. The summed E-state index contributed by atoms with van der Waals surface area (Å²) in [6, 6.07) is 7.18. The predicted molar refractivity (Wildman–Crippen MR) is 123 cm³/mol. The summed E-state index contributed by atoms with van der Waals surface area (Å²) in [5, 5.41) is 18.1. The molecular formula is C23H25N7O3. The van der Waals surface area contributed by atoms with Gasteiger partial charge in [-0.2, -0.15) is 5.10 Å². The second kappa shape index (κ2) is 8.21. The highest BCUT2D eigenvalue weighted by atomic mass is 16.5. The molecule has 2 amide bonds. The summed E-state index contributed by atoms with van der Waals surface area (Å²) in [7, 11) is 3.45. The fourth-order valence-electron chi connectivity index (χ4n) is 4.28. The van der Waals surface area contributed by atoms with Gasteiger partial charge in [0.25, 0.3) is 0 Å². The molecule has 3 N–H and O–H groups in total. The molecule has 3 aromatic heterocycles. The number of hydrogen-bond acceptors (Lipinski definition) is 6. The lowest BCUT2D eigenvalue weighted by Gasteiger charge is -2.38. The fourth-order valence-corrected chi connectivity index (χ4v) is 4.28. The van der Waals surface area contributed by atoms with Crippen LogP contribution in [-0.2, 0) is 12.6 Å². The van der Waals surface area contributed by atoms with Crippen LogP contribution in [0.2, 0.25) is 0 Å². The molecule has 0 atom stereocenters. The van der Waals surface area contributed by atoms with Crippen molar-refractivity contribution < 1.29 is 14.6 Å². The van der Waals surface area contributed by atoms with Gasteiger partial charge in [0.05, 0.1) is 18.9 Å². The minimum Gasteiger partial charge on any atom is -0.494 e. The molecule has 1 aliphatic rings. The number of amides is 2. The lowest BCUT2D eigenvalue weighted by atomic mass is 9.85. The van der Waals surface area contributed by atoms with Gasteiger partial charge in [-0.05, 0) is 31.0 Å². The number of fused-ring (bicyclic) bond motifs is 1. The Balaban J connectivity index is 1.35. The number of carbonyl (C=O) groups is 1. The van der Waals surface area contributed by atoms with E-state index in [9.17, 15) is 9.90 Å². The smallest absolute Gasteiger partial charge is 0.324 e. The summed E-state index contributed by atoms with van der Waals surface area (Å²) in [6.07, 6.45) is 7.90. The first-order chi connectivity index (χ1) is 16.0. The second-order valence-electron chi connectivity index (χ2n) is 8.22. The molecular weight excluding hydrogens is 422 g/mol. The Morgan fingerprint density at radius 2 is 2.06 bits per heavy atom. The van der Waals surface area contributed by atoms with Crippen LogP contribution in [0.3, 0.4) is 0 Å². The monoisotopic (exact) mass is 447 g/mol. The SMILES string of the molecule is COc1ccc(-c2cnn(C)c2)c2nc(NC(=O)N3CCC(O)(c4cccnc4)CC3)[nH]c12. The zero-order valence-electron chi connectivity index (χ0n) is 18.4. The van der Waals surface area contributed by atoms with Gasteiger partial charge in [0, 0.05) is 55.4 Å². The molecule has 10 heteroatoms.